The Balaban J connectivity index is 1.73. The van der Waals surface area contributed by atoms with Crippen LogP contribution in [-0.4, -0.2) is 39.9 Å². The normalized spacial score (nSPS) is 17.0. The van der Waals surface area contributed by atoms with E-state index in [9.17, 15) is 4.79 Å². The lowest BCUT2D eigenvalue weighted by Crippen LogP contribution is -2.36. The minimum Gasteiger partial charge on any atom is -0.346 e. The van der Waals surface area contributed by atoms with E-state index in [1.54, 1.807) is 23.4 Å². The van der Waals surface area contributed by atoms with Crippen LogP contribution in [-0.2, 0) is 0 Å². The summed E-state index contributed by atoms with van der Waals surface area (Å²) in [5, 5.41) is 11.8. The first-order valence-corrected chi connectivity index (χ1v) is 7.09. The molecule has 6 nitrogen and oxygen atoms in total. The fraction of sp³-hybridized carbons (Fsp3) is 0.250. The summed E-state index contributed by atoms with van der Waals surface area (Å²) in [6.45, 7) is 1.24. The molecule has 0 radical (unpaired) electrons. The molecule has 0 spiro atoms. The quantitative estimate of drug-likeness (QED) is 0.866. The van der Waals surface area contributed by atoms with Gasteiger partial charge in [0, 0.05) is 37.1 Å². The molecule has 3 heterocycles. The molecular formula is C16H15N5O. The summed E-state index contributed by atoms with van der Waals surface area (Å²) in [4.78, 5) is 22.3. The van der Waals surface area contributed by atoms with E-state index < -0.39 is 0 Å². The Morgan fingerprint density at radius 3 is 2.95 bits per heavy atom. The number of pyridine rings is 2. The van der Waals surface area contributed by atoms with Crippen LogP contribution in [0.5, 0.6) is 0 Å². The van der Waals surface area contributed by atoms with Gasteiger partial charge in [-0.3, -0.25) is 14.8 Å². The van der Waals surface area contributed by atoms with E-state index >= 15 is 0 Å². The Bertz CT molecular complexity index is 710. The molecule has 22 heavy (non-hydrogen) atoms. The second kappa shape index (κ2) is 6.22. The van der Waals surface area contributed by atoms with Crippen molar-refractivity contribution in [3.63, 3.8) is 0 Å². The smallest absolute Gasteiger partial charge is 0.270 e. The van der Waals surface area contributed by atoms with Crippen molar-refractivity contribution >= 4 is 5.91 Å². The van der Waals surface area contributed by atoms with Gasteiger partial charge in [0.1, 0.15) is 5.69 Å². The number of amides is 1. The maximum atomic E-state index is 12.3. The Hall–Kier alpha value is -2.94. The van der Waals surface area contributed by atoms with Gasteiger partial charge < -0.3 is 10.2 Å². The maximum absolute atomic E-state index is 12.3. The number of carbonyl (C=O) groups excluding carboxylic acids is 1. The lowest BCUT2D eigenvalue weighted by atomic mass is 10.1. The zero-order valence-electron chi connectivity index (χ0n) is 11.9. The zero-order valence-corrected chi connectivity index (χ0v) is 11.9. The van der Waals surface area contributed by atoms with Gasteiger partial charge in [-0.25, -0.2) is 0 Å². The number of rotatable bonds is 3. The van der Waals surface area contributed by atoms with Crippen molar-refractivity contribution in [2.24, 2.45) is 0 Å². The minimum atomic E-state index is -0.220. The molecule has 1 aliphatic rings. The van der Waals surface area contributed by atoms with Crippen LogP contribution in [0.25, 0.3) is 11.3 Å². The summed E-state index contributed by atoms with van der Waals surface area (Å²) in [6.07, 6.45) is 6.19. The summed E-state index contributed by atoms with van der Waals surface area (Å²) in [6, 6.07) is 9.18. The van der Waals surface area contributed by atoms with E-state index in [1.165, 1.54) is 0 Å². The van der Waals surface area contributed by atoms with Crippen molar-refractivity contribution < 1.29 is 4.79 Å². The Kier molecular flexibility index (Phi) is 3.97. The predicted octanol–water partition coefficient (Wildman–Crippen LogP) is 1.43. The minimum absolute atomic E-state index is 0.00698. The van der Waals surface area contributed by atoms with E-state index in [-0.39, 0.29) is 11.9 Å². The third kappa shape index (κ3) is 3.04. The fourth-order valence-corrected chi connectivity index (χ4v) is 2.48. The van der Waals surface area contributed by atoms with E-state index in [4.69, 9.17) is 5.26 Å². The second-order valence-corrected chi connectivity index (χ2v) is 5.15. The topological polar surface area (TPSA) is 81.9 Å². The molecule has 2 aromatic rings. The molecule has 0 bridgehead atoms. The number of nitrogens with zero attached hydrogens (tertiary/aromatic N) is 4. The van der Waals surface area contributed by atoms with Gasteiger partial charge in [0.2, 0.25) is 0 Å². The largest absolute Gasteiger partial charge is 0.346 e. The van der Waals surface area contributed by atoms with E-state index in [2.05, 4.69) is 21.5 Å². The number of nitrogens with one attached hydrogen (secondary N) is 1. The average Bonchev–Trinajstić information content (AvgIpc) is 3.03. The molecule has 1 atom stereocenters. The molecular weight excluding hydrogens is 278 g/mol. The standard InChI is InChI=1S/C16H15N5O/c17-11-21-8-5-13(10-21)20-16(22)15-9-12(4-7-19-15)14-3-1-2-6-18-14/h1-4,6-7,9,13H,5,8,10H2,(H,20,22)/t13-/m1/s1. The highest BCUT2D eigenvalue weighted by molar-refractivity contribution is 5.93. The summed E-state index contributed by atoms with van der Waals surface area (Å²) in [5.41, 5.74) is 2.01. The molecule has 1 saturated heterocycles. The Labute approximate surface area is 128 Å². The van der Waals surface area contributed by atoms with Gasteiger partial charge in [-0.05, 0) is 30.7 Å². The van der Waals surface area contributed by atoms with E-state index in [0.29, 0.717) is 18.8 Å². The molecule has 0 aromatic carbocycles. The molecule has 0 unspecified atom stereocenters. The molecule has 0 aliphatic carbocycles. The monoisotopic (exact) mass is 293 g/mol. The SMILES string of the molecule is N#CN1CC[C@@H](NC(=O)c2cc(-c3ccccn3)ccn2)C1. The van der Waals surface area contributed by atoms with Crippen molar-refractivity contribution in [1.82, 2.24) is 20.2 Å². The summed E-state index contributed by atoms with van der Waals surface area (Å²) < 4.78 is 0. The molecule has 1 N–H and O–H groups in total. The van der Waals surface area contributed by atoms with Crippen molar-refractivity contribution in [3.8, 4) is 17.5 Å². The third-order valence-corrected chi connectivity index (χ3v) is 3.62. The van der Waals surface area contributed by atoms with Crippen LogP contribution in [0.3, 0.4) is 0 Å². The van der Waals surface area contributed by atoms with Crippen LogP contribution in [0, 0.1) is 11.5 Å². The van der Waals surface area contributed by atoms with Gasteiger partial charge >= 0.3 is 0 Å². The van der Waals surface area contributed by atoms with Gasteiger partial charge in [0.15, 0.2) is 6.19 Å². The average molecular weight is 293 g/mol. The lowest BCUT2D eigenvalue weighted by Gasteiger charge is -2.12. The van der Waals surface area contributed by atoms with Crippen LogP contribution < -0.4 is 5.32 Å². The van der Waals surface area contributed by atoms with E-state index in [0.717, 1.165) is 17.7 Å². The third-order valence-electron chi connectivity index (χ3n) is 3.62. The molecule has 0 saturated carbocycles. The van der Waals surface area contributed by atoms with Gasteiger partial charge in [-0.2, -0.15) is 5.26 Å². The molecule has 1 fully saturated rings. The van der Waals surface area contributed by atoms with Gasteiger partial charge in [0.25, 0.3) is 5.91 Å². The maximum Gasteiger partial charge on any atom is 0.270 e. The molecule has 6 heteroatoms. The molecule has 3 rings (SSSR count). The predicted molar refractivity (Wildman–Crippen MR) is 80.5 cm³/mol. The summed E-state index contributed by atoms with van der Waals surface area (Å²) >= 11 is 0. The number of carbonyl (C=O) groups is 1. The number of nitriles is 1. The highest BCUT2D eigenvalue weighted by Gasteiger charge is 2.23. The van der Waals surface area contributed by atoms with Gasteiger partial charge in [-0.1, -0.05) is 6.07 Å². The zero-order chi connectivity index (χ0) is 15.4. The summed E-state index contributed by atoms with van der Waals surface area (Å²) in [5.74, 6) is -0.220. The molecule has 110 valence electrons. The number of hydrogen-bond acceptors (Lipinski definition) is 5. The van der Waals surface area contributed by atoms with E-state index in [1.807, 2.05) is 24.3 Å². The highest BCUT2D eigenvalue weighted by Crippen LogP contribution is 2.16. The van der Waals surface area contributed by atoms with Crippen LogP contribution >= 0.6 is 0 Å². The van der Waals surface area contributed by atoms with Crippen molar-refractivity contribution in [1.29, 1.82) is 5.26 Å². The highest BCUT2D eigenvalue weighted by atomic mass is 16.1. The lowest BCUT2D eigenvalue weighted by molar-refractivity contribution is 0.0934. The van der Waals surface area contributed by atoms with Crippen molar-refractivity contribution in [2.75, 3.05) is 13.1 Å². The Morgan fingerprint density at radius 2 is 2.23 bits per heavy atom. The van der Waals surface area contributed by atoms with Crippen LogP contribution in [0.4, 0.5) is 0 Å². The van der Waals surface area contributed by atoms with Gasteiger partial charge in [0.05, 0.1) is 5.69 Å². The number of aromatic nitrogens is 2. The first kappa shape index (κ1) is 14.0. The first-order valence-electron chi connectivity index (χ1n) is 7.09. The molecule has 1 amide bonds. The number of hydrogen-bond donors (Lipinski definition) is 1. The van der Waals surface area contributed by atoms with Gasteiger partial charge in [-0.15, -0.1) is 0 Å². The Morgan fingerprint density at radius 1 is 1.32 bits per heavy atom. The molecule has 1 aliphatic heterocycles. The molecule has 2 aromatic heterocycles. The van der Waals surface area contributed by atoms with Crippen LogP contribution in [0.1, 0.15) is 16.9 Å². The first-order chi connectivity index (χ1) is 10.8. The van der Waals surface area contributed by atoms with Crippen LogP contribution in [0.15, 0.2) is 42.7 Å². The number of likely N-dealkylation sites (tertiary alicyclic amines) is 1. The van der Waals surface area contributed by atoms with Crippen molar-refractivity contribution in [3.05, 3.63) is 48.4 Å². The van der Waals surface area contributed by atoms with Crippen LogP contribution in [0.2, 0.25) is 0 Å². The summed E-state index contributed by atoms with van der Waals surface area (Å²) in [7, 11) is 0. The second-order valence-electron chi connectivity index (χ2n) is 5.15. The fourth-order valence-electron chi connectivity index (χ4n) is 2.48. The van der Waals surface area contributed by atoms with Crippen molar-refractivity contribution in [2.45, 2.75) is 12.5 Å².